The number of alkyl halides is 3. The number of benzene rings is 2. The fraction of sp³-hybridized carbons (Fsp3) is 0.105. The molecule has 28 heavy (non-hydrogen) atoms. The average Bonchev–Trinajstić information content (AvgIpc) is 2.65. The van der Waals surface area contributed by atoms with Crippen LogP contribution >= 0.6 is 0 Å². The van der Waals surface area contributed by atoms with Crippen molar-refractivity contribution in [2.24, 2.45) is 12.1 Å². The minimum Gasteiger partial charge on any atom is -0.406 e. The predicted molar refractivity (Wildman–Crippen MR) is 97.4 cm³/mol. The van der Waals surface area contributed by atoms with Crippen LogP contribution in [0, 0.1) is 0 Å². The van der Waals surface area contributed by atoms with Crippen LogP contribution in [0.5, 0.6) is 5.75 Å². The van der Waals surface area contributed by atoms with Gasteiger partial charge >= 0.3 is 6.36 Å². The first kappa shape index (κ1) is 19.2. The minimum atomic E-state index is -4.77. The molecule has 3 rings (SSSR count). The number of pyridine rings is 1. The van der Waals surface area contributed by atoms with Crippen molar-refractivity contribution in [2.75, 3.05) is 0 Å². The lowest BCUT2D eigenvalue weighted by molar-refractivity contribution is -0.274. The quantitative estimate of drug-likeness (QED) is 0.550. The van der Waals surface area contributed by atoms with Crippen molar-refractivity contribution in [1.82, 2.24) is 9.99 Å². The molecule has 1 aromatic heterocycles. The third-order valence-electron chi connectivity index (χ3n) is 3.83. The summed E-state index contributed by atoms with van der Waals surface area (Å²) in [5.41, 5.74) is 2.86. The van der Waals surface area contributed by atoms with Crippen LogP contribution in [0.1, 0.15) is 15.9 Å². The Morgan fingerprint density at radius 1 is 1.14 bits per heavy atom. The maximum absolute atomic E-state index is 12.5. The van der Waals surface area contributed by atoms with E-state index >= 15 is 0 Å². The molecule has 1 amide bonds. The van der Waals surface area contributed by atoms with Crippen LogP contribution in [0.25, 0.3) is 10.9 Å². The molecule has 0 saturated heterocycles. The number of halogens is 3. The van der Waals surface area contributed by atoms with Gasteiger partial charge < -0.3 is 9.30 Å². The molecule has 0 bridgehead atoms. The monoisotopic (exact) mass is 389 g/mol. The molecule has 144 valence electrons. The summed E-state index contributed by atoms with van der Waals surface area (Å²) in [5, 5.41) is 4.14. The van der Waals surface area contributed by atoms with Gasteiger partial charge in [-0.1, -0.05) is 12.1 Å². The molecule has 0 saturated carbocycles. The molecule has 3 aromatic rings. The Kier molecular flexibility index (Phi) is 5.16. The molecule has 0 unspecified atom stereocenters. The lowest BCUT2D eigenvalue weighted by Crippen LogP contribution is -2.26. The van der Waals surface area contributed by atoms with Gasteiger partial charge in [-0.3, -0.25) is 9.59 Å². The number of nitrogens with one attached hydrogen (secondary N) is 1. The zero-order valence-electron chi connectivity index (χ0n) is 14.5. The van der Waals surface area contributed by atoms with Crippen molar-refractivity contribution < 1.29 is 22.7 Å². The highest BCUT2D eigenvalue weighted by atomic mass is 19.4. The van der Waals surface area contributed by atoms with E-state index in [0.717, 1.165) is 12.1 Å². The van der Waals surface area contributed by atoms with E-state index in [1.165, 1.54) is 24.5 Å². The third-order valence-corrected chi connectivity index (χ3v) is 3.83. The topological polar surface area (TPSA) is 72.7 Å². The summed E-state index contributed by atoms with van der Waals surface area (Å²) in [6.45, 7) is 0. The lowest BCUT2D eigenvalue weighted by Gasteiger charge is -2.08. The Morgan fingerprint density at radius 2 is 1.82 bits per heavy atom. The van der Waals surface area contributed by atoms with E-state index in [1.807, 2.05) is 0 Å². The van der Waals surface area contributed by atoms with Crippen molar-refractivity contribution in [1.29, 1.82) is 0 Å². The van der Waals surface area contributed by atoms with Gasteiger partial charge in [-0.25, -0.2) is 5.43 Å². The Labute approximate surface area is 156 Å². The van der Waals surface area contributed by atoms with Gasteiger partial charge in [0.2, 0.25) is 5.43 Å². The number of ether oxygens (including phenoxy) is 1. The fourth-order valence-electron chi connectivity index (χ4n) is 2.58. The Bertz CT molecular complexity index is 1100. The minimum absolute atomic E-state index is 0.0766. The number of aryl methyl sites for hydroxylation is 1. The highest BCUT2D eigenvalue weighted by molar-refractivity contribution is 5.97. The summed E-state index contributed by atoms with van der Waals surface area (Å²) in [4.78, 5) is 24.8. The lowest BCUT2D eigenvalue weighted by atomic mass is 10.1. The first-order valence-electron chi connectivity index (χ1n) is 8.02. The van der Waals surface area contributed by atoms with Gasteiger partial charge in [0.15, 0.2) is 0 Å². The van der Waals surface area contributed by atoms with Crippen molar-refractivity contribution >= 4 is 23.0 Å². The molecule has 0 radical (unpaired) electrons. The zero-order valence-corrected chi connectivity index (χ0v) is 14.5. The number of fused-ring (bicyclic) bond motifs is 1. The highest BCUT2D eigenvalue weighted by Gasteiger charge is 2.30. The van der Waals surface area contributed by atoms with Crippen LogP contribution in [-0.4, -0.2) is 23.1 Å². The van der Waals surface area contributed by atoms with Crippen molar-refractivity contribution in [3.05, 3.63) is 76.1 Å². The molecule has 0 aliphatic rings. The van der Waals surface area contributed by atoms with Crippen LogP contribution in [-0.2, 0) is 7.05 Å². The van der Waals surface area contributed by atoms with Gasteiger partial charge in [0.1, 0.15) is 11.3 Å². The van der Waals surface area contributed by atoms with Crippen LogP contribution in [0.4, 0.5) is 13.2 Å². The number of hydrogen-bond acceptors (Lipinski definition) is 4. The number of aromatic nitrogens is 1. The largest absolute Gasteiger partial charge is 0.573 e. The molecule has 0 aliphatic carbocycles. The Morgan fingerprint density at radius 3 is 2.50 bits per heavy atom. The smallest absolute Gasteiger partial charge is 0.406 e. The summed E-state index contributed by atoms with van der Waals surface area (Å²) in [6, 6.07) is 11.8. The summed E-state index contributed by atoms with van der Waals surface area (Å²) in [6.07, 6.45) is -2.12. The molecule has 0 aliphatic heterocycles. The number of hydrazone groups is 1. The Balaban J connectivity index is 1.73. The SMILES string of the molecule is Cn1cc(C(=O)N/N=C/c2ccc(OC(F)(F)F)cc2)c(=O)c2ccccc21. The van der Waals surface area contributed by atoms with E-state index in [-0.39, 0.29) is 11.3 Å². The van der Waals surface area contributed by atoms with Crippen molar-refractivity contribution in [2.45, 2.75) is 6.36 Å². The molecule has 1 N–H and O–H groups in total. The molecule has 0 spiro atoms. The number of hydrogen-bond donors (Lipinski definition) is 1. The third kappa shape index (κ3) is 4.37. The predicted octanol–water partition coefficient (Wildman–Crippen LogP) is 3.20. The Hall–Kier alpha value is -3.62. The zero-order chi connectivity index (χ0) is 20.3. The van der Waals surface area contributed by atoms with Crippen molar-refractivity contribution in [3.8, 4) is 5.75 Å². The number of rotatable bonds is 4. The van der Waals surface area contributed by atoms with Gasteiger partial charge in [-0.2, -0.15) is 5.10 Å². The van der Waals surface area contributed by atoms with E-state index < -0.39 is 17.7 Å². The number of carbonyl (C=O) groups excluding carboxylic acids is 1. The summed E-state index contributed by atoms with van der Waals surface area (Å²) < 4.78 is 41.8. The van der Waals surface area contributed by atoms with Gasteiger partial charge in [0.25, 0.3) is 5.91 Å². The summed E-state index contributed by atoms with van der Waals surface area (Å²) in [7, 11) is 1.71. The molecule has 6 nitrogen and oxygen atoms in total. The van der Waals surface area contributed by atoms with Crippen LogP contribution in [0.15, 0.2) is 64.6 Å². The normalized spacial score (nSPS) is 11.7. The first-order valence-corrected chi connectivity index (χ1v) is 8.02. The highest BCUT2D eigenvalue weighted by Crippen LogP contribution is 2.22. The molecular weight excluding hydrogens is 375 g/mol. The number of para-hydroxylation sites is 1. The molecule has 9 heteroatoms. The van der Waals surface area contributed by atoms with Gasteiger partial charge in [0.05, 0.1) is 11.7 Å². The molecule has 0 atom stereocenters. The van der Waals surface area contributed by atoms with Gasteiger partial charge in [0, 0.05) is 18.6 Å². The first-order chi connectivity index (χ1) is 13.2. The van der Waals surface area contributed by atoms with Gasteiger partial charge in [-0.05, 0) is 42.0 Å². The van der Waals surface area contributed by atoms with Crippen LogP contribution < -0.4 is 15.6 Å². The van der Waals surface area contributed by atoms with E-state index in [0.29, 0.717) is 16.5 Å². The summed E-state index contributed by atoms with van der Waals surface area (Å²) in [5.74, 6) is -1.06. The molecule has 2 aromatic carbocycles. The standard InChI is InChI=1S/C19H14F3N3O3/c1-25-11-15(17(26)14-4-2-3-5-16(14)25)18(27)24-23-10-12-6-8-13(9-7-12)28-19(20,21)22/h2-11H,1H3,(H,24,27)/b23-10+. The number of amides is 1. The maximum atomic E-state index is 12.5. The van der Waals surface area contributed by atoms with E-state index in [4.69, 9.17) is 0 Å². The van der Waals surface area contributed by atoms with E-state index in [1.54, 1.807) is 35.9 Å². The van der Waals surface area contributed by atoms with E-state index in [9.17, 15) is 22.8 Å². The van der Waals surface area contributed by atoms with Crippen LogP contribution in [0.2, 0.25) is 0 Å². The number of carbonyl (C=O) groups is 1. The average molecular weight is 389 g/mol. The summed E-state index contributed by atoms with van der Waals surface area (Å²) >= 11 is 0. The molecule has 1 heterocycles. The second kappa shape index (κ2) is 7.55. The molecule has 0 fully saturated rings. The maximum Gasteiger partial charge on any atom is 0.573 e. The van der Waals surface area contributed by atoms with Crippen molar-refractivity contribution in [3.63, 3.8) is 0 Å². The second-order valence-corrected chi connectivity index (χ2v) is 5.82. The second-order valence-electron chi connectivity index (χ2n) is 5.82. The number of nitrogens with zero attached hydrogens (tertiary/aromatic N) is 2. The molecular formula is C19H14F3N3O3. The van der Waals surface area contributed by atoms with Gasteiger partial charge in [-0.15, -0.1) is 13.2 Å². The van der Waals surface area contributed by atoms with Crippen LogP contribution in [0.3, 0.4) is 0 Å². The van der Waals surface area contributed by atoms with E-state index in [2.05, 4.69) is 15.3 Å². The fourth-order valence-corrected chi connectivity index (χ4v) is 2.58.